The smallest absolute Gasteiger partial charge is 0.264 e. The number of amides is 1. The molecule has 4 rings (SSSR count). The van der Waals surface area contributed by atoms with E-state index < -0.39 is 0 Å². The van der Waals surface area contributed by atoms with Gasteiger partial charge in [-0.25, -0.2) is 4.98 Å². The lowest BCUT2D eigenvalue weighted by Gasteiger charge is -2.35. The largest absolute Gasteiger partial charge is 0.494 e. The number of nitriles is 1. The molecule has 0 radical (unpaired) electrons. The zero-order chi connectivity index (χ0) is 21.8. The van der Waals surface area contributed by atoms with Crippen molar-refractivity contribution in [3.8, 4) is 11.8 Å². The molecule has 0 unspecified atom stereocenters. The summed E-state index contributed by atoms with van der Waals surface area (Å²) in [6.07, 6.45) is 1.65. The van der Waals surface area contributed by atoms with Crippen molar-refractivity contribution in [1.82, 2.24) is 9.88 Å². The lowest BCUT2D eigenvalue weighted by Crippen LogP contribution is -2.49. The van der Waals surface area contributed by atoms with Gasteiger partial charge in [0, 0.05) is 31.6 Å². The summed E-state index contributed by atoms with van der Waals surface area (Å²) in [5.41, 5.74) is 2.98. The maximum absolute atomic E-state index is 12.9. The summed E-state index contributed by atoms with van der Waals surface area (Å²) in [7, 11) is 1.65. The standard InChI is InChI=1S/C25H24N4O2/c1-18-15-23(27-24-21(18)9-6-10-22(24)31-2)28-11-13-29(14-12-28)25(30)20(17-26)16-19-7-4-3-5-8-19/h3-10,15-16H,11-14H2,1-2H3/b20-16+. The quantitative estimate of drug-likeness (QED) is 0.481. The first-order chi connectivity index (χ1) is 15.1. The number of ether oxygens (including phenoxy) is 1. The molecule has 2 heterocycles. The second kappa shape index (κ2) is 8.88. The first-order valence-electron chi connectivity index (χ1n) is 10.3. The SMILES string of the molecule is COc1cccc2c(C)cc(N3CCN(C(=O)/C(C#N)=C/c4ccccc4)CC3)nc12. The number of aryl methyl sites for hydroxylation is 1. The Kier molecular flexibility index (Phi) is 5.85. The summed E-state index contributed by atoms with van der Waals surface area (Å²) in [6.45, 7) is 4.46. The molecule has 1 saturated heterocycles. The van der Waals surface area contributed by atoms with Gasteiger partial charge in [0.25, 0.3) is 5.91 Å². The van der Waals surface area contributed by atoms with Crippen molar-refractivity contribution in [2.75, 3.05) is 38.2 Å². The van der Waals surface area contributed by atoms with Crippen molar-refractivity contribution < 1.29 is 9.53 Å². The number of fused-ring (bicyclic) bond motifs is 1. The minimum atomic E-state index is -0.227. The fourth-order valence-electron chi connectivity index (χ4n) is 3.87. The van der Waals surface area contributed by atoms with Crippen molar-refractivity contribution in [1.29, 1.82) is 5.26 Å². The van der Waals surface area contributed by atoms with E-state index in [-0.39, 0.29) is 11.5 Å². The van der Waals surface area contributed by atoms with E-state index in [9.17, 15) is 10.1 Å². The second-order valence-corrected chi connectivity index (χ2v) is 7.51. The van der Waals surface area contributed by atoms with Crippen LogP contribution >= 0.6 is 0 Å². The number of piperazine rings is 1. The molecular weight excluding hydrogens is 388 g/mol. The van der Waals surface area contributed by atoms with Gasteiger partial charge in [-0.05, 0) is 36.3 Å². The van der Waals surface area contributed by atoms with E-state index in [2.05, 4.69) is 24.0 Å². The van der Waals surface area contributed by atoms with Crippen LogP contribution in [-0.4, -0.2) is 49.1 Å². The van der Waals surface area contributed by atoms with Crippen LogP contribution in [-0.2, 0) is 4.79 Å². The van der Waals surface area contributed by atoms with Gasteiger partial charge in [0.15, 0.2) is 0 Å². The van der Waals surface area contributed by atoms with Crippen molar-refractivity contribution in [3.63, 3.8) is 0 Å². The van der Waals surface area contributed by atoms with Gasteiger partial charge in [0.05, 0.1) is 7.11 Å². The van der Waals surface area contributed by atoms with E-state index in [0.29, 0.717) is 26.2 Å². The third-order valence-corrected chi connectivity index (χ3v) is 5.57. The molecule has 0 bridgehead atoms. The highest BCUT2D eigenvalue weighted by Gasteiger charge is 2.25. The third-order valence-electron chi connectivity index (χ3n) is 5.57. The number of hydrogen-bond acceptors (Lipinski definition) is 5. The van der Waals surface area contributed by atoms with Crippen molar-refractivity contribution in [3.05, 3.63) is 71.3 Å². The first kappa shape index (κ1) is 20.4. The molecule has 1 aromatic heterocycles. The molecule has 156 valence electrons. The Labute approximate surface area is 182 Å². The molecule has 0 saturated carbocycles. The molecular formula is C25H24N4O2. The number of methoxy groups -OCH3 is 1. The average molecular weight is 412 g/mol. The van der Waals surface area contributed by atoms with Crippen LogP contribution in [0.15, 0.2) is 60.2 Å². The summed E-state index contributed by atoms with van der Waals surface area (Å²) in [4.78, 5) is 21.6. The van der Waals surface area contributed by atoms with Crippen LogP contribution in [0.4, 0.5) is 5.82 Å². The number of carbonyl (C=O) groups is 1. The summed E-state index contributed by atoms with van der Waals surface area (Å²) in [5, 5.41) is 10.6. The maximum atomic E-state index is 12.9. The van der Waals surface area contributed by atoms with E-state index in [1.54, 1.807) is 18.1 Å². The normalized spacial score (nSPS) is 14.4. The summed E-state index contributed by atoms with van der Waals surface area (Å²) >= 11 is 0. The molecule has 6 heteroatoms. The van der Waals surface area contributed by atoms with Crippen LogP contribution in [0.25, 0.3) is 17.0 Å². The topological polar surface area (TPSA) is 69.5 Å². The van der Waals surface area contributed by atoms with Crippen LogP contribution in [0.5, 0.6) is 5.75 Å². The average Bonchev–Trinajstić information content (AvgIpc) is 2.82. The number of para-hydroxylation sites is 1. The molecule has 1 fully saturated rings. The Morgan fingerprint density at radius 2 is 1.84 bits per heavy atom. The van der Waals surface area contributed by atoms with Crippen LogP contribution < -0.4 is 9.64 Å². The molecule has 0 N–H and O–H groups in total. The number of nitrogens with zero attached hydrogens (tertiary/aromatic N) is 4. The van der Waals surface area contributed by atoms with Crippen LogP contribution in [0, 0.1) is 18.3 Å². The predicted molar refractivity (Wildman–Crippen MR) is 122 cm³/mol. The van der Waals surface area contributed by atoms with Gasteiger partial charge in [0.1, 0.15) is 28.7 Å². The lowest BCUT2D eigenvalue weighted by molar-refractivity contribution is -0.126. The molecule has 2 aromatic carbocycles. The Bertz CT molecular complexity index is 1170. The Hall–Kier alpha value is -3.85. The van der Waals surface area contributed by atoms with Crippen LogP contribution in [0.1, 0.15) is 11.1 Å². The molecule has 0 atom stereocenters. The van der Waals surface area contributed by atoms with Crippen LogP contribution in [0.3, 0.4) is 0 Å². The molecule has 3 aromatic rings. The molecule has 1 aliphatic rings. The highest BCUT2D eigenvalue weighted by atomic mass is 16.5. The molecule has 6 nitrogen and oxygen atoms in total. The van der Waals surface area contributed by atoms with Crippen molar-refractivity contribution in [2.45, 2.75) is 6.92 Å². The molecule has 0 spiro atoms. The molecule has 31 heavy (non-hydrogen) atoms. The number of aromatic nitrogens is 1. The van der Waals surface area contributed by atoms with E-state index in [1.807, 2.05) is 48.5 Å². The zero-order valence-corrected chi connectivity index (χ0v) is 17.7. The summed E-state index contributed by atoms with van der Waals surface area (Å²) < 4.78 is 5.49. The minimum Gasteiger partial charge on any atom is -0.494 e. The fourth-order valence-corrected chi connectivity index (χ4v) is 3.87. The van der Waals surface area contributed by atoms with Gasteiger partial charge in [-0.2, -0.15) is 5.26 Å². The summed E-state index contributed by atoms with van der Waals surface area (Å²) in [6, 6.07) is 19.5. The highest BCUT2D eigenvalue weighted by molar-refractivity contribution is 6.01. The van der Waals surface area contributed by atoms with Crippen molar-refractivity contribution >= 4 is 28.7 Å². The third kappa shape index (κ3) is 4.22. The Balaban J connectivity index is 1.50. The molecule has 0 aliphatic carbocycles. The number of benzene rings is 2. The van der Waals surface area contributed by atoms with Gasteiger partial charge in [0.2, 0.25) is 0 Å². The fraction of sp³-hybridized carbons (Fsp3) is 0.240. The number of anilines is 1. The van der Waals surface area contributed by atoms with Gasteiger partial charge in [-0.15, -0.1) is 0 Å². The van der Waals surface area contributed by atoms with E-state index in [4.69, 9.17) is 9.72 Å². The van der Waals surface area contributed by atoms with E-state index in [1.165, 1.54) is 0 Å². The summed E-state index contributed by atoms with van der Waals surface area (Å²) in [5.74, 6) is 1.40. The molecule has 1 aliphatic heterocycles. The number of hydrogen-bond donors (Lipinski definition) is 0. The van der Waals surface area contributed by atoms with Gasteiger partial charge >= 0.3 is 0 Å². The van der Waals surface area contributed by atoms with Crippen LogP contribution in [0.2, 0.25) is 0 Å². The monoisotopic (exact) mass is 412 g/mol. The predicted octanol–water partition coefficient (Wildman–Crippen LogP) is 3.81. The zero-order valence-electron chi connectivity index (χ0n) is 17.7. The van der Waals surface area contributed by atoms with Gasteiger partial charge < -0.3 is 14.5 Å². The number of carbonyl (C=O) groups excluding carboxylic acids is 1. The van der Waals surface area contributed by atoms with E-state index in [0.717, 1.165) is 33.6 Å². The van der Waals surface area contributed by atoms with E-state index >= 15 is 0 Å². The number of pyridine rings is 1. The lowest BCUT2D eigenvalue weighted by atomic mass is 10.1. The highest BCUT2D eigenvalue weighted by Crippen LogP contribution is 2.29. The number of rotatable bonds is 4. The van der Waals surface area contributed by atoms with Crippen molar-refractivity contribution in [2.24, 2.45) is 0 Å². The Morgan fingerprint density at radius 1 is 1.10 bits per heavy atom. The molecule has 1 amide bonds. The first-order valence-corrected chi connectivity index (χ1v) is 10.3. The second-order valence-electron chi connectivity index (χ2n) is 7.51. The Morgan fingerprint density at radius 3 is 2.52 bits per heavy atom. The van der Waals surface area contributed by atoms with Gasteiger partial charge in [-0.3, -0.25) is 4.79 Å². The van der Waals surface area contributed by atoms with Gasteiger partial charge in [-0.1, -0.05) is 42.5 Å². The maximum Gasteiger partial charge on any atom is 0.264 e. The minimum absolute atomic E-state index is 0.157.